The van der Waals surface area contributed by atoms with E-state index in [0.717, 1.165) is 23.2 Å². The first-order chi connectivity index (χ1) is 7.79. The summed E-state index contributed by atoms with van der Waals surface area (Å²) in [6.45, 7) is 0.984. The van der Waals surface area contributed by atoms with Crippen LogP contribution in [0.15, 0.2) is 22.7 Å². The number of ether oxygens (including phenoxy) is 1. The number of hydrogen-bond acceptors (Lipinski definition) is 2. The molecule has 88 valence electrons. The van der Waals surface area contributed by atoms with Gasteiger partial charge in [0.1, 0.15) is 5.75 Å². The highest BCUT2D eigenvalue weighted by Gasteiger charge is 2.20. The van der Waals surface area contributed by atoms with Gasteiger partial charge in [-0.3, -0.25) is 0 Å². The lowest BCUT2D eigenvalue weighted by molar-refractivity contribution is 0.119. The van der Waals surface area contributed by atoms with Crippen LogP contribution >= 0.6 is 15.9 Å². The van der Waals surface area contributed by atoms with Crippen LogP contribution in [0.25, 0.3) is 0 Å². The van der Waals surface area contributed by atoms with E-state index >= 15 is 0 Å². The number of rotatable bonds is 5. The molecule has 0 unspecified atom stereocenters. The molecule has 0 bridgehead atoms. The Balaban J connectivity index is 2.07. The number of halogens is 1. The Morgan fingerprint density at radius 1 is 1.44 bits per heavy atom. The monoisotopic (exact) mass is 283 g/mol. The minimum absolute atomic E-state index is 0.453. The highest BCUT2D eigenvalue weighted by molar-refractivity contribution is 9.10. The van der Waals surface area contributed by atoms with Gasteiger partial charge >= 0.3 is 0 Å². The summed E-state index contributed by atoms with van der Waals surface area (Å²) in [7, 11) is 1.98. The fourth-order valence-electron chi connectivity index (χ4n) is 1.79. The molecular formula is C13H18BrNO. The van der Waals surface area contributed by atoms with Gasteiger partial charge in [0.05, 0.1) is 6.10 Å². The van der Waals surface area contributed by atoms with Crippen LogP contribution in [0, 0.1) is 0 Å². The summed E-state index contributed by atoms with van der Waals surface area (Å²) in [6, 6.07) is 6.29. The van der Waals surface area contributed by atoms with E-state index in [1.807, 2.05) is 7.05 Å². The van der Waals surface area contributed by atoms with Crippen molar-refractivity contribution in [3.63, 3.8) is 0 Å². The Morgan fingerprint density at radius 3 is 2.88 bits per heavy atom. The average Bonchev–Trinajstić information content (AvgIpc) is 2.22. The summed E-state index contributed by atoms with van der Waals surface area (Å²) in [5.74, 6) is 1.06. The molecule has 1 saturated carbocycles. The Labute approximate surface area is 106 Å². The van der Waals surface area contributed by atoms with Gasteiger partial charge in [0.15, 0.2) is 0 Å². The summed E-state index contributed by atoms with van der Waals surface area (Å²) in [6.07, 6.45) is 5.20. The first-order valence-electron chi connectivity index (χ1n) is 5.89. The van der Waals surface area contributed by atoms with Gasteiger partial charge in [-0.05, 0) is 63.0 Å². The molecule has 1 aliphatic rings. The van der Waals surface area contributed by atoms with Crippen molar-refractivity contribution in [2.75, 3.05) is 13.6 Å². The minimum atomic E-state index is 0.453. The van der Waals surface area contributed by atoms with E-state index < -0.39 is 0 Å². The number of likely N-dealkylation sites (N-methyl/N-ethyl adjacent to an activating group) is 1. The predicted octanol–water partition coefficient (Wildman–Crippen LogP) is 3.14. The van der Waals surface area contributed by atoms with Gasteiger partial charge in [-0.2, -0.15) is 0 Å². The highest BCUT2D eigenvalue weighted by atomic mass is 79.9. The topological polar surface area (TPSA) is 21.3 Å². The molecule has 0 radical (unpaired) electrons. The Kier molecular flexibility index (Phi) is 4.24. The molecule has 1 N–H and O–H groups in total. The predicted molar refractivity (Wildman–Crippen MR) is 70.0 cm³/mol. The van der Waals surface area contributed by atoms with Gasteiger partial charge in [0.25, 0.3) is 0 Å². The minimum Gasteiger partial charge on any atom is -0.490 e. The standard InChI is InChI=1S/C13H18BrNO/c1-15-8-7-10-9-11(14)5-6-13(10)16-12-3-2-4-12/h5-6,9,12,15H,2-4,7-8H2,1H3. The molecule has 1 aromatic carbocycles. The molecule has 2 nitrogen and oxygen atoms in total. The first kappa shape index (κ1) is 11.9. The van der Waals surface area contributed by atoms with Gasteiger partial charge in [0.2, 0.25) is 0 Å². The molecule has 16 heavy (non-hydrogen) atoms. The zero-order valence-corrected chi connectivity index (χ0v) is 11.2. The molecule has 1 fully saturated rings. The van der Waals surface area contributed by atoms with Crippen LogP contribution in [-0.2, 0) is 6.42 Å². The van der Waals surface area contributed by atoms with Crippen LogP contribution in [0.1, 0.15) is 24.8 Å². The molecule has 0 spiro atoms. The molecule has 1 aromatic rings. The van der Waals surface area contributed by atoms with Crippen LogP contribution in [0.2, 0.25) is 0 Å². The van der Waals surface area contributed by atoms with E-state index in [1.54, 1.807) is 0 Å². The van der Waals surface area contributed by atoms with Crippen molar-refractivity contribution in [3.8, 4) is 5.75 Å². The van der Waals surface area contributed by atoms with Crippen LogP contribution in [0.3, 0.4) is 0 Å². The van der Waals surface area contributed by atoms with E-state index in [0.29, 0.717) is 6.10 Å². The van der Waals surface area contributed by atoms with Crippen molar-refractivity contribution in [2.24, 2.45) is 0 Å². The van der Waals surface area contributed by atoms with E-state index in [9.17, 15) is 0 Å². The van der Waals surface area contributed by atoms with Gasteiger partial charge in [-0.15, -0.1) is 0 Å². The van der Waals surface area contributed by atoms with Crippen LogP contribution in [-0.4, -0.2) is 19.7 Å². The van der Waals surface area contributed by atoms with E-state index in [4.69, 9.17) is 4.74 Å². The smallest absolute Gasteiger partial charge is 0.123 e. The lowest BCUT2D eigenvalue weighted by Gasteiger charge is -2.27. The van der Waals surface area contributed by atoms with Gasteiger partial charge in [-0.25, -0.2) is 0 Å². The SMILES string of the molecule is CNCCc1cc(Br)ccc1OC1CCC1. The summed E-state index contributed by atoms with van der Waals surface area (Å²) < 4.78 is 7.11. The summed E-state index contributed by atoms with van der Waals surface area (Å²) in [5, 5.41) is 3.17. The van der Waals surface area contributed by atoms with Crippen LogP contribution in [0.5, 0.6) is 5.75 Å². The molecule has 0 atom stereocenters. The molecule has 3 heteroatoms. The second-order valence-corrected chi connectivity index (χ2v) is 5.19. The highest BCUT2D eigenvalue weighted by Crippen LogP contribution is 2.29. The van der Waals surface area contributed by atoms with E-state index in [-0.39, 0.29) is 0 Å². The van der Waals surface area contributed by atoms with Gasteiger partial charge in [-0.1, -0.05) is 15.9 Å². The normalized spacial score (nSPS) is 15.9. The van der Waals surface area contributed by atoms with Crippen molar-refractivity contribution >= 4 is 15.9 Å². The van der Waals surface area contributed by atoms with Crippen molar-refractivity contribution in [2.45, 2.75) is 31.8 Å². The second-order valence-electron chi connectivity index (χ2n) is 4.28. The van der Waals surface area contributed by atoms with Crippen molar-refractivity contribution < 1.29 is 4.74 Å². The molecule has 1 aliphatic carbocycles. The quantitative estimate of drug-likeness (QED) is 0.897. The fraction of sp³-hybridized carbons (Fsp3) is 0.538. The maximum atomic E-state index is 5.98. The number of nitrogens with one attached hydrogen (secondary N) is 1. The third-order valence-corrected chi connectivity index (χ3v) is 3.51. The molecular weight excluding hydrogens is 266 g/mol. The maximum absolute atomic E-state index is 5.98. The number of hydrogen-bond donors (Lipinski definition) is 1. The average molecular weight is 284 g/mol. The largest absolute Gasteiger partial charge is 0.490 e. The zero-order chi connectivity index (χ0) is 11.4. The molecule has 0 heterocycles. The van der Waals surface area contributed by atoms with Crippen LogP contribution in [0.4, 0.5) is 0 Å². The van der Waals surface area contributed by atoms with Gasteiger partial charge in [0, 0.05) is 4.47 Å². The summed E-state index contributed by atoms with van der Waals surface area (Å²) >= 11 is 3.51. The molecule has 0 amide bonds. The zero-order valence-electron chi connectivity index (χ0n) is 9.63. The van der Waals surface area contributed by atoms with Crippen LogP contribution < -0.4 is 10.1 Å². The van der Waals surface area contributed by atoms with Crippen molar-refractivity contribution in [1.29, 1.82) is 0 Å². The third kappa shape index (κ3) is 2.98. The molecule has 0 saturated heterocycles. The molecule has 0 aromatic heterocycles. The maximum Gasteiger partial charge on any atom is 0.123 e. The molecule has 0 aliphatic heterocycles. The fourth-order valence-corrected chi connectivity index (χ4v) is 2.19. The van der Waals surface area contributed by atoms with Crippen molar-refractivity contribution in [3.05, 3.63) is 28.2 Å². The Bertz CT molecular complexity index is 350. The van der Waals surface area contributed by atoms with E-state index in [2.05, 4.69) is 39.4 Å². The van der Waals surface area contributed by atoms with Gasteiger partial charge < -0.3 is 10.1 Å². The first-order valence-corrected chi connectivity index (χ1v) is 6.68. The third-order valence-electron chi connectivity index (χ3n) is 3.01. The lowest BCUT2D eigenvalue weighted by Crippen LogP contribution is -2.25. The second kappa shape index (κ2) is 5.69. The van der Waals surface area contributed by atoms with Crippen molar-refractivity contribution in [1.82, 2.24) is 5.32 Å². The molecule has 2 rings (SSSR count). The van der Waals surface area contributed by atoms with E-state index in [1.165, 1.54) is 24.8 Å². The lowest BCUT2D eigenvalue weighted by atomic mass is 9.96. The number of benzene rings is 1. The summed E-state index contributed by atoms with van der Waals surface area (Å²) in [4.78, 5) is 0. The Hall–Kier alpha value is -0.540. The Morgan fingerprint density at radius 2 is 2.25 bits per heavy atom. The summed E-state index contributed by atoms with van der Waals surface area (Å²) in [5.41, 5.74) is 1.29.